The molecule has 1 fully saturated rings. The molecule has 1 aromatic rings. The first-order chi connectivity index (χ1) is 10.2. The minimum atomic E-state index is -0.537. The van der Waals surface area contributed by atoms with Crippen LogP contribution in [-0.4, -0.2) is 19.3 Å². The number of rotatable bonds is 6. The van der Waals surface area contributed by atoms with Crippen LogP contribution in [0.25, 0.3) is 0 Å². The minimum absolute atomic E-state index is 0.425. The van der Waals surface area contributed by atoms with Crippen molar-refractivity contribution >= 4 is 11.6 Å². The molecule has 0 heterocycles. The SMILES string of the molecule is COc1ccc(C(O)CCC2CCCCC2)c(OC)c1Cl. The van der Waals surface area contributed by atoms with Crippen molar-refractivity contribution in [2.24, 2.45) is 5.92 Å². The molecule has 0 aromatic heterocycles. The molecule has 1 aromatic carbocycles. The van der Waals surface area contributed by atoms with Crippen molar-refractivity contribution in [3.8, 4) is 11.5 Å². The molecule has 0 spiro atoms. The van der Waals surface area contributed by atoms with Crippen molar-refractivity contribution in [1.29, 1.82) is 0 Å². The van der Waals surface area contributed by atoms with Gasteiger partial charge in [-0.15, -0.1) is 0 Å². The van der Waals surface area contributed by atoms with E-state index in [0.717, 1.165) is 24.3 Å². The van der Waals surface area contributed by atoms with Gasteiger partial charge in [0.05, 0.1) is 20.3 Å². The van der Waals surface area contributed by atoms with Crippen molar-refractivity contribution in [2.75, 3.05) is 14.2 Å². The number of hydrogen-bond acceptors (Lipinski definition) is 3. The lowest BCUT2D eigenvalue weighted by Gasteiger charge is -2.23. The molecule has 3 nitrogen and oxygen atoms in total. The Morgan fingerprint density at radius 1 is 1.19 bits per heavy atom. The van der Waals surface area contributed by atoms with Gasteiger partial charge >= 0.3 is 0 Å². The van der Waals surface area contributed by atoms with E-state index in [4.69, 9.17) is 21.1 Å². The highest BCUT2D eigenvalue weighted by atomic mass is 35.5. The smallest absolute Gasteiger partial charge is 0.147 e. The highest BCUT2D eigenvalue weighted by Crippen LogP contribution is 2.41. The Hall–Kier alpha value is -0.930. The van der Waals surface area contributed by atoms with E-state index in [-0.39, 0.29) is 0 Å². The molecule has 21 heavy (non-hydrogen) atoms. The van der Waals surface area contributed by atoms with E-state index in [1.54, 1.807) is 20.3 Å². The number of benzene rings is 1. The van der Waals surface area contributed by atoms with Gasteiger partial charge in [-0.1, -0.05) is 43.7 Å². The summed E-state index contributed by atoms with van der Waals surface area (Å²) in [5.41, 5.74) is 0.749. The van der Waals surface area contributed by atoms with Crippen molar-refractivity contribution in [2.45, 2.75) is 51.0 Å². The first-order valence-electron chi connectivity index (χ1n) is 7.75. The zero-order valence-corrected chi connectivity index (χ0v) is 13.7. The molecule has 1 saturated carbocycles. The number of hydrogen-bond donors (Lipinski definition) is 1. The Labute approximate surface area is 132 Å². The monoisotopic (exact) mass is 312 g/mol. The predicted octanol–water partition coefficient (Wildman–Crippen LogP) is 4.75. The summed E-state index contributed by atoms with van der Waals surface area (Å²) in [6.45, 7) is 0. The summed E-state index contributed by atoms with van der Waals surface area (Å²) in [6, 6.07) is 3.62. The van der Waals surface area contributed by atoms with Crippen LogP contribution in [0.2, 0.25) is 5.02 Å². The maximum atomic E-state index is 10.5. The number of methoxy groups -OCH3 is 2. The molecule has 1 aliphatic rings. The van der Waals surface area contributed by atoms with Crippen LogP contribution < -0.4 is 9.47 Å². The van der Waals surface area contributed by atoms with E-state index < -0.39 is 6.10 Å². The second-order valence-electron chi connectivity index (χ2n) is 5.80. The van der Waals surface area contributed by atoms with E-state index in [1.807, 2.05) is 6.07 Å². The highest BCUT2D eigenvalue weighted by molar-refractivity contribution is 6.33. The van der Waals surface area contributed by atoms with Gasteiger partial charge in [-0.2, -0.15) is 0 Å². The maximum absolute atomic E-state index is 10.5. The van der Waals surface area contributed by atoms with Crippen LogP contribution in [0.5, 0.6) is 11.5 Å². The summed E-state index contributed by atoms with van der Waals surface area (Å²) < 4.78 is 10.5. The molecule has 0 amide bonds. The van der Waals surface area contributed by atoms with Gasteiger partial charge in [0.1, 0.15) is 16.5 Å². The average molecular weight is 313 g/mol. The lowest BCUT2D eigenvalue weighted by atomic mass is 9.85. The molecule has 0 radical (unpaired) electrons. The Bertz CT molecular complexity index is 456. The topological polar surface area (TPSA) is 38.7 Å². The molecule has 1 N–H and O–H groups in total. The van der Waals surface area contributed by atoms with Gasteiger partial charge in [0.25, 0.3) is 0 Å². The minimum Gasteiger partial charge on any atom is -0.495 e. The van der Waals surface area contributed by atoms with Crippen molar-refractivity contribution in [3.63, 3.8) is 0 Å². The van der Waals surface area contributed by atoms with Gasteiger partial charge in [-0.25, -0.2) is 0 Å². The third-order valence-electron chi connectivity index (χ3n) is 4.45. The molecule has 1 aliphatic carbocycles. The molecule has 1 unspecified atom stereocenters. The Kier molecular flexibility index (Phi) is 6.19. The third kappa shape index (κ3) is 4.04. The largest absolute Gasteiger partial charge is 0.495 e. The fourth-order valence-electron chi connectivity index (χ4n) is 3.21. The van der Waals surface area contributed by atoms with E-state index in [9.17, 15) is 5.11 Å². The highest BCUT2D eigenvalue weighted by Gasteiger charge is 2.21. The Morgan fingerprint density at radius 3 is 2.52 bits per heavy atom. The fraction of sp³-hybridized carbons (Fsp3) is 0.647. The lowest BCUT2D eigenvalue weighted by Crippen LogP contribution is -2.09. The standard InChI is InChI=1S/C17H25ClO3/c1-20-15-11-9-13(17(21-2)16(15)18)14(19)10-8-12-6-4-3-5-7-12/h9,11-12,14,19H,3-8,10H2,1-2H3. The van der Waals surface area contributed by atoms with E-state index in [1.165, 1.54) is 32.1 Å². The van der Waals surface area contributed by atoms with Crippen LogP contribution in [0.1, 0.15) is 56.6 Å². The first-order valence-corrected chi connectivity index (χ1v) is 8.13. The molecule has 118 valence electrons. The van der Waals surface area contributed by atoms with Crippen molar-refractivity contribution in [3.05, 3.63) is 22.7 Å². The summed E-state index contributed by atoms with van der Waals surface area (Å²) in [6.07, 6.45) is 7.90. The van der Waals surface area contributed by atoms with E-state index >= 15 is 0 Å². The summed E-state index contributed by atoms with van der Waals surface area (Å²) >= 11 is 6.25. The zero-order chi connectivity index (χ0) is 15.2. The summed E-state index contributed by atoms with van der Waals surface area (Å²) in [5.74, 6) is 1.84. The molecule has 1 atom stereocenters. The number of aliphatic hydroxyl groups is 1. The number of halogens is 1. The van der Waals surface area contributed by atoms with Gasteiger partial charge in [0.15, 0.2) is 0 Å². The average Bonchev–Trinajstić information content (AvgIpc) is 2.53. The lowest BCUT2D eigenvalue weighted by molar-refractivity contribution is 0.148. The second kappa shape index (κ2) is 7.90. The van der Waals surface area contributed by atoms with Crippen molar-refractivity contribution in [1.82, 2.24) is 0 Å². The van der Waals surface area contributed by atoms with Crippen LogP contribution in [0.15, 0.2) is 12.1 Å². The molecule has 0 bridgehead atoms. The van der Waals surface area contributed by atoms with Gasteiger partial charge in [-0.3, -0.25) is 0 Å². The second-order valence-corrected chi connectivity index (χ2v) is 6.18. The Balaban J connectivity index is 2.04. The fourth-order valence-corrected chi connectivity index (χ4v) is 3.53. The van der Waals surface area contributed by atoms with E-state index in [2.05, 4.69) is 0 Å². The molecular weight excluding hydrogens is 288 g/mol. The first kappa shape index (κ1) is 16.4. The summed E-state index contributed by atoms with van der Waals surface area (Å²) in [5, 5.41) is 10.9. The van der Waals surface area contributed by atoms with Crippen LogP contribution in [0.3, 0.4) is 0 Å². The molecular formula is C17H25ClO3. The van der Waals surface area contributed by atoms with Crippen LogP contribution in [0, 0.1) is 5.92 Å². The molecule has 0 saturated heterocycles. The normalized spacial score (nSPS) is 17.5. The quantitative estimate of drug-likeness (QED) is 0.823. The number of ether oxygens (including phenoxy) is 2. The number of aliphatic hydroxyl groups excluding tert-OH is 1. The van der Waals surface area contributed by atoms with Crippen molar-refractivity contribution < 1.29 is 14.6 Å². The third-order valence-corrected chi connectivity index (χ3v) is 4.81. The van der Waals surface area contributed by atoms with Gasteiger partial charge < -0.3 is 14.6 Å². The van der Waals surface area contributed by atoms with Crippen LogP contribution in [0.4, 0.5) is 0 Å². The maximum Gasteiger partial charge on any atom is 0.147 e. The summed E-state index contributed by atoms with van der Waals surface area (Å²) in [7, 11) is 3.14. The Morgan fingerprint density at radius 2 is 1.90 bits per heavy atom. The predicted molar refractivity (Wildman–Crippen MR) is 85.3 cm³/mol. The zero-order valence-electron chi connectivity index (χ0n) is 12.9. The molecule has 0 aliphatic heterocycles. The van der Waals surface area contributed by atoms with Crippen LogP contribution >= 0.6 is 11.6 Å². The summed E-state index contributed by atoms with van der Waals surface area (Å²) in [4.78, 5) is 0. The molecule has 4 heteroatoms. The van der Waals surface area contributed by atoms with E-state index in [0.29, 0.717) is 16.5 Å². The molecule has 2 rings (SSSR count). The van der Waals surface area contributed by atoms with Gasteiger partial charge in [0.2, 0.25) is 0 Å². The van der Waals surface area contributed by atoms with Gasteiger partial charge in [0, 0.05) is 5.56 Å². The van der Waals surface area contributed by atoms with Crippen LogP contribution in [-0.2, 0) is 0 Å². The van der Waals surface area contributed by atoms with Gasteiger partial charge in [-0.05, 0) is 30.9 Å².